The second-order valence-corrected chi connectivity index (χ2v) is 6.01. The van der Waals surface area contributed by atoms with Gasteiger partial charge < -0.3 is 0 Å². The van der Waals surface area contributed by atoms with E-state index in [0.717, 1.165) is 9.52 Å². The maximum atomic E-state index is 3.76. The Labute approximate surface area is 106 Å². The molecular formula is C15H30Si. The Morgan fingerprint density at radius 2 is 1.19 bits per heavy atom. The van der Waals surface area contributed by atoms with Crippen molar-refractivity contribution >= 4 is 9.52 Å². The van der Waals surface area contributed by atoms with E-state index < -0.39 is 0 Å². The minimum atomic E-state index is 0.991. The van der Waals surface area contributed by atoms with Crippen LogP contribution in [-0.2, 0) is 0 Å². The highest BCUT2D eigenvalue weighted by Crippen LogP contribution is 2.11. The van der Waals surface area contributed by atoms with Crippen LogP contribution in [0.1, 0.15) is 77.6 Å². The summed E-state index contributed by atoms with van der Waals surface area (Å²) >= 11 is 0. The minimum Gasteiger partial charge on any atom is -0.107 e. The first-order chi connectivity index (χ1) is 7.91. The van der Waals surface area contributed by atoms with Gasteiger partial charge in [0.1, 0.15) is 0 Å². The summed E-state index contributed by atoms with van der Waals surface area (Å²) in [5.41, 5.74) is 2.07. The second-order valence-electron chi connectivity index (χ2n) is 4.69. The summed E-state index contributed by atoms with van der Waals surface area (Å²) in [6.07, 6.45) is 15.9. The summed E-state index contributed by atoms with van der Waals surface area (Å²) in [7, 11) is 0.991. The third kappa shape index (κ3) is 14.0. The van der Waals surface area contributed by atoms with Crippen LogP contribution in [0.2, 0.25) is 6.04 Å². The topological polar surface area (TPSA) is 0 Å². The van der Waals surface area contributed by atoms with E-state index >= 15 is 0 Å². The molecule has 0 aromatic rings. The van der Waals surface area contributed by atoms with Crippen LogP contribution in [0, 0.1) is 0 Å². The van der Waals surface area contributed by atoms with Crippen molar-refractivity contribution in [3.05, 3.63) is 12.3 Å². The zero-order chi connectivity index (χ0) is 11.9. The minimum absolute atomic E-state index is 0.991. The second kappa shape index (κ2) is 15.0. The normalized spacial score (nSPS) is 10.6. The molecule has 0 bridgehead atoms. The van der Waals surface area contributed by atoms with Crippen molar-refractivity contribution in [3.63, 3.8) is 0 Å². The van der Waals surface area contributed by atoms with Crippen LogP contribution in [0.15, 0.2) is 12.3 Å². The Hall–Kier alpha value is -0.0431. The van der Waals surface area contributed by atoms with Crippen LogP contribution in [0.3, 0.4) is 0 Å². The fraction of sp³-hybridized carbons (Fsp3) is 0.867. The lowest BCUT2D eigenvalue weighted by molar-refractivity contribution is 0.554. The van der Waals surface area contributed by atoms with Crippen LogP contribution >= 0.6 is 0 Å². The molecule has 0 atom stereocenters. The Kier molecular flexibility index (Phi) is 14.9. The van der Waals surface area contributed by atoms with E-state index in [9.17, 15) is 0 Å². The van der Waals surface area contributed by atoms with E-state index in [4.69, 9.17) is 0 Å². The molecule has 0 spiro atoms. The van der Waals surface area contributed by atoms with Crippen molar-refractivity contribution < 1.29 is 0 Å². The fourth-order valence-corrected chi connectivity index (χ4v) is 2.65. The average molecular weight is 238 g/mol. The monoisotopic (exact) mass is 238 g/mol. The Morgan fingerprint density at radius 1 is 0.750 bits per heavy atom. The maximum Gasteiger partial charge on any atom is 0.0695 e. The zero-order valence-electron chi connectivity index (χ0n) is 11.3. The van der Waals surface area contributed by atoms with Gasteiger partial charge in [-0.1, -0.05) is 83.6 Å². The molecule has 0 fully saturated rings. The molecule has 0 aromatic carbocycles. The van der Waals surface area contributed by atoms with Gasteiger partial charge in [-0.15, -0.1) is 12.3 Å². The van der Waals surface area contributed by atoms with Gasteiger partial charge in [0.15, 0.2) is 0 Å². The Morgan fingerprint density at radius 3 is 1.62 bits per heavy atom. The molecule has 0 aliphatic heterocycles. The van der Waals surface area contributed by atoms with E-state index in [2.05, 4.69) is 19.2 Å². The van der Waals surface area contributed by atoms with Gasteiger partial charge in [0.05, 0.1) is 9.52 Å². The molecule has 0 amide bonds. The molecule has 0 aromatic heterocycles. The highest BCUT2D eigenvalue weighted by Gasteiger charge is 1.92. The third-order valence-corrected chi connectivity index (χ3v) is 4.00. The van der Waals surface area contributed by atoms with Crippen LogP contribution < -0.4 is 0 Å². The summed E-state index contributed by atoms with van der Waals surface area (Å²) in [6.45, 7) is 6.05. The lowest BCUT2D eigenvalue weighted by atomic mass is 10.1. The highest BCUT2D eigenvalue weighted by atomic mass is 28.2. The van der Waals surface area contributed by atoms with Gasteiger partial charge in [-0.3, -0.25) is 0 Å². The zero-order valence-corrected chi connectivity index (χ0v) is 12.3. The summed E-state index contributed by atoms with van der Waals surface area (Å²) < 4.78 is 0. The van der Waals surface area contributed by atoms with Crippen LogP contribution in [0.4, 0.5) is 0 Å². The van der Waals surface area contributed by atoms with Crippen molar-refractivity contribution in [2.45, 2.75) is 83.6 Å². The van der Waals surface area contributed by atoms with Crippen molar-refractivity contribution in [2.75, 3.05) is 0 Å². The van der Waals surface area contributed by atoms with Crippen LogP contribution in [0.5, 0.6) is 0 Å². The predicted octanol–water partition coefficient (Wildman–Crippen LogP) is 5.56. The lowest BCUT2D eigenvalue weighted by Crippen LogP contribution is -1.85. The lowest BCUT2D eigenvalue weighted by Gasteiger charge is -2.01. The third-order valence-electron chi connectivity index (χ3n) is 3.07. The first kappa shape index (κ1) is 16.0. The SMILES string of the molecule is C=C[Si]CCCCCCCCCCCCC. The van der Waals surface area contributed by atoms with Gasteiger partial charge in [0.2, 0.25) is 0 Å². The molecule has 1 heteroatoms. The molecule has 0 saturated carbocycles. The van der Waals surface area contributed by atoms with Gasteiger partial charge in [-0.2, -0.15) is 0 Å². The number of unbranched alkanes of at least 4 members (excludes halogenated alkanes) is 10. The summed E-state index contributed by atoms with van der Waals surface area (Å²) in [4.78, 5) is 0. The largest absolute Gasteiger partial charge is 0.107 e. The van der Waals surface area contributed by atoms with E-state index in [-0.39, 0.29) is 0 Å². The summed E-state index contributed by atoms with van der Waals surface area (Å²) in [5.74, 6) is 0. The smallest absolute Gasteiger partial charge is 0.0695 e. The Bertz CT molecular complexity index is 131. The number of hydrogen-bond donors (Lipinski definition) is 0. The van der Waals surface area contributed by atoms with Crippen molar-refractivity contribution in [1.29, 1.82) is 0 Å². The molecule has 0 unspecified atom stereocenters. The van der Waals surface area contributed by atoms with Crippen molar-refractivity contribution in [2.24, 2.45) is 0 Å². The van der Waals surface area contributed by atoms with E-state index in [1.165, 1.54) is 76.7 Å². The Balaban J connectivity index is 2.85. The first-order valence-electron chi connectivity index (χ1n) is 7.26. The standard InChI is InChI=1S/C15H30Si/c1-3-5-6-7-8-9-10-11-12-13-14-15-16-4-2/h4H,2-3,5-15H2,1H3. The van der Waals surface area contributed by atoms with Crippen molar-refractivity contribution in [3.8, 4) is 0 Å². The molecule has 0 N–H and O–H groups in total. The first-order valence-corrected chi connectivity index (χ1v) is 8.54. The molecule has 0 aliphatic carbocycles. The van der Waals surface area contributed by atoms with Gasteiger partial charge in [0, 0.05) is 0 Å². The molecule has 16 heavy (non-hydrogen) atoms. The molecule has 0 rings (SSSR count). The summed E-state index contributed by atoms with van der Waals surface area (Å²) in [6, 6.07) is 1.38. The molecule has 0 saturated heterocycles. The van der Waals surface area contributed by atoms with E-state index in [1.54, 1.807) is 0 Å². The maximum absolute atomic E-state index is 3.76. The average Bonchev–Trinajstić information content (AvgIpc) is 2.31. The molecule has 2 radical (unpaired) electrons. The highest BCUT2D eigenvalue weighted by molar-refractivity contribution is 6.41. The molecule has 0 nitrogen and oxygen atoms in total. The van der Waals surface area contributed by atoms with Gasteiger partial charge in [-0.25, -0.2) is 0 Å². The number of hydrogen-bond acceptors (Lipinski definition) is 0. The van der Waals surface area contributed by atoms with Gasteiger partial charge in [-0.05, 0) is 0 Å². The van der Waals surface area contributed by atoms with E-state index in [1.807, 2.05) is 0 Å². The van der Waals surface area contributed by atoms with Crippen molar-refractivity contribution in [1.82, 2.24) is 0 Å². The van der Waals surface area contributed by atoms with Crippen LogP contribution in [0.25, 0.3) is 0 Å². The quantitative estimate of drug-likeness (QED) is 0.291. The van der Waals surface area contributed by atoms with E-state index in [0.29, 0.717) is 0 Å². The van der Waals surface area contributed by atoms with Gasteiger partial charge in [0.25, 0.3) is 0 Å². The predicted molar refractivity (Wildman–Crippen MR) is 77.2 cm³/mol. The fourth-order valence-electron chi connectivity index (χ4n) is 1.99. The summed E-state index contributed by atoms with van der Waals surface area (Å²) in [5, 5.41) is 0. The molecule has 0 heterocycles. The molecule has 0 aliphatic rings. The van der Waals surface area contributed by atoms with Crippen LogP contribution in [-0.4, -0.2) is 9.52 Å². The molecular weight excluding hydrogens is 208 g/mol. The number of rotatable bonds is 13. The molecule has 94 valence electrons. The van der Waals surface area contributed by atoms with Gasteiger partial charge >= 0.3 is 0 Å².